The number of hydrogen-bond acceptors (Lipinski definition) is 4. The molecule has 0 heterocycles. The van der Waals surface area contributed by atoms with E-state index in [1.54, 1.807) is 6.07 Å². The molecule has 0 aliphatic rings. The van der Waals surface area contributed by atoms with Crippen LogP contribution in [0, 0.1) is 0 Å². The molecule has 0 aromatic heterocycles. The van der Waals surface area contributed by atoms with Crippen molar-refractivity contribution in [3.8, 4) is 17.2 Å². The molecule has 0 radical (unpaired) electrons. The standard InChI is InChI=1S/C12H7Cl3O5S/c13-7-1-3-10(9(15)5-7)19-11-4-2-8(14)6-12(11)20-21(16,17)18/h1-6H,(H,16,17,18). The lowest BCUT2D eigenvalue weighted by Crippen LogP contribution is -2.07. The van der Waals surface area contributed by atoms with E-state index >= 15 is 0 Å². The molecule has 0 saturated heterocycles. The van der Waals surface area contributed by atoms with Gasteiger partial charge < -0.3 is 8.92 Å². The highest BCUT2D eigenvalue weighted by molar-refractivity contribution is 7.81. The van der Waals surface area contributed by atoms with Crippen LogP contribution in [0.25, 0.3) is 0 Å². The molecule has 9 heteroatoms. The van der Waals surface area contributed by atoms with Gasteiger partial charge in [-0.2, -0.15) is 8.42 Å². The van der Waals surface area contributed by atoms with E-state index in [-0.39, 0.29) is 27.3 Å². The van der Waals surface area contributed by atoms with Gasteiger partial charge in [-0.1, -0.05) is 34.8 Å². The Morgan fingerprint density at radius 3 is 2.00 bits per heavy atom. The van der Waals surface area contributed by atoms with Crippen molar-refractivity contribution >= 4 is 45.2 Å². The molecule has 2 aromatic carbocycles. The molecular weight excluding hydrogens is 363 g/mol. The molecule has 0 saturated carbocycles. The average molecular weight is 370 g/mol. The lowest BCUT2D eigenvalue weighted by molar-refractivity contribution is 0.374. The van der Waals surface area contributed by atoms with Crippen molar-refractivity contribution in [3.63, 3.8) is 0 Å². The normalized spacial score (nSPS) is 11.2. The van der Waals surface area contributed by atoms with Crippen LogP contribution in [0.2, 0.25) is 15.1 Å². The van der Waals surface area contributed by atoms with E-state index in [1.807, 2.05) is 0 Å². The van der Waals surface area contributed by atoms with Gasteiger partial charge in [0.25, 0.3) is 0 Å². The highest BCUT2D eigenvalue weighted by Crippen LogP contribution is 2.37. The van der Waals surface area contributed by atoms with Gasteiger partial charge in [-0.05, 0) is 30.3 Å². The third-order valence-corrected chi connectivity index (χ3v) is 3.37. The van der Waals surface area contributed by atoms with Crippen molar-refractivity contribution in [2.45, 2.75) is 0 Å². The first-order valence-electron chi connectivity index (χ1n) is 5.34. The predicted octanol–water partition coefficient (Wildman–Crippen LogP) is 4.62. The van der Waals surface area contributed by atoms with E-state index < -0.39 is 10.4 Å². The van der Waals surface area contributed by atoms with Gasteiger partial charge in [-0.3, -0.25) is 4.55 Å². The Hall–Kier alpha value is -1.18. The molecule has 0 aliphatic heterocycles. The Kier molecular flexibility index (Phi) is 4.85. The summed E-state index contributed by atoms with van der Waals surface area (Å²) in [6.45, 7) is 0. The molecule has 2 rings (SSSR count). The summed E-state index contributed by atoms with van der Waals surface area (Å²) in [5, 5.41) is 0.830. The highest BCUT2D eigenvalue weighted by atomic mass is 35.5. The van der Waals surface area contributed by atoms with Gasteiger partial charge in [-0.25, -0.2) is 0 Å². The number of halogens is 3. The Balaban J connectivity index is 2.39. The highest BCUT2D eigenvalue weighted by Gasteiger charge is 2.15. The molecule has 112 valence electrons. The first-order chi connectivity index (χ1) is 9.74. The topological polar surface area (TPSA) is 72.8 Å². The fourth-order valence-corrected chi connectivity index (χ4v) is 2.39. The van der Waals surface area contributed by atoms with Crippen LogP contribution in [0.5, 0.6) is 17.2 Å². The summed E-state index contributed by atoms with van der Waals surface area (Å²) >= 11 is 17.5. The third-order valence-electron chi connectivity index (χ3n) is 2.21. The van der Waals surface area contributed by atoms with Gasteiger partial charge in [0.05, 0.1) is 5.02 Å². The first kappa shape index (κ1) is 16.2. The van der Waals surface area contributed by atoms with Crippen LogP contribution in [-0.4, -0.2) is 13.0 Å². The van der Waals surface area contributed by atoms with Gasteiger partial charge in [0.2, 0.25) is 0 Å². The molecule has 0 unspecified atom stereocenters. The second-order valence-corrected chi connectivity index (χ2v) is 6.08. The van der Waals surface area contributed by atoms with Crippen molar-refractivity contribution < 1.29 is 21.9 Å². The molecule has 2 aromatic rings. The average Bonchev–Trinajstić information content (AvgIpc) is 2.33. The zero-order valence-corrected chi connectivity index (χ0v) is 13.2. The zero-order valence-electron chi connectivity index (χ0n) is 10.1. The van der Waals surface area contributed by atoms with E-state index in [0.29, 0.717) is 5.02 Å². The van der Waals surface area contributed by atoms with Gasteiger partial charge in [-0.15, -0.1) is 0 Å². The molecule has 0 spiro atoms. The monoisotopic (exact) mass is 368 g/mol. The summed E-state index contributed by atoms with van der Waals surface area (Å²) in [5.41, 5.74) is 0. The molecule has 0 fully saturated rings. The van der Waals surface area contributed by atoms with E-state index in [4.69, 9.17) is 44.1 Å². The van der Waals surface area contributed by atoms with Crippen molar-refractivity contribution in [2.75, 3.05) is 0 Å². The molecule has 0 atom stereocenters. The van der Waals surface area contributed by atoms with E-state index in [1.165, 1.54) is 30.3 Å². The number of benzene rings is 2. The maximum atomic E-state index is 10.8. The zero-order chi connectivity index (χ0) is 15.6. The van der Waals surface area contributed by atoms with Gasteiger partial charge in [0, 0.05) is 16.1 Å². The molecule has 0 bridgehead atoms. The molecule has 0 aliphatic carbocycles. The summed E-state index contributed by atoms with van der Waals surface area (Å²) in [4.78, 5) is 0. The molecule has 1 N–H and O–H groups in total. The quantitative estimate of drug-likeness (QED) is 0.796. The van der Waals surface area contributed by atoms with Crippen molar-refractivity contribution in [2.24, 2.45) is 0 Å². The van der Waals surface area contributed by atoms with Crippen LogP contribution < -0.4 is 8.92 Å². The SMILES string of the molecule is O=S(=O)(O)Oc1cc(Cl)ccc1Oc1ccc(Cl)cc1Cl. The number of hydrogen-bond donors (Lipinski definition) is 1. The van der Waals surface area contributed by atoms with Gasteiger partial charge >= 0.3 is 10.4 Å². The van der Waals surface area contributed by atoms with Crippen LogP contribution >= 0.6 is 34.8 Å². The molecule has 21 heavy (non-hydrogen) atoms. The van der Waals surface area contributed by atoms with E-state index in [2.05, 4.69) is 4.18 Å². The maximum absolute atomic E-state index is 10.8. The van der Waals surface area contributed by atoms with Crippen molar-refractivity contribution in [1.29, 1.82) is 0 Å². The van der Waals surface area contributed by atoms with Crippen LogP contribution in [0.3, 0.4) is 0 Å². The van der Waals surface area contributed by atoms with E-state index in [0.717, 1.165) is 0 Å². The smallest absolute Gasteiger partial charge is 0.446 e. The minimum absolute atomic E-state index is 0.00116. The van der Waals surface area contributed by atoms with Crippen LogP contribution in [0.15, 0.2) is 36.4 Å². The molecular formula is C12H7Cl3O5S. The Morgan fingerprint density at radius 1 is 0.857 bits per heavy atom. The maximum Gasteiger partial charge on any atom is 0.446 e. The van der Waals surface area contributed by atoms with Crippen molar-refractivity contribution in [3.05, 3.63) is 51.5 Å². The summed E-state index contributed by atoms with van der Waals surface area (Å²) < 4.78 is 40.2. The summed E-state index contributed by atoms with van der Waals surface area (Å²) in [6.07, 6.45) is 0. The number of ether oxygens (including phenoxy) is 1. The van der Waals surface area contributed by atoms with Crippen LogP contribution in [0.4, 0.5) is 0 Å². The largest absolute Gasteiger partial charge is 0.452 e. The minimum atomic E-state index is -4.72. The fraction of sp³-hybridized carbons (Fsp3) is 0. The van der Waals surface area contributed by atoms with Crippen molar-refractivity contribution in [1.82, 2.24) is 0 Å². The van der Waals surface area contributed by atoms with E-state index in [9.17, 15) is 8.42 Å². The van der Waals surface area contributed by atoms with Gasteiger partial charge in [0.15, 0.2) is 11.5 Å². The lowest BCUT2D eigenvalue weighted by atomic mass is 10.3. The Bertz CT molecular complexity index is 776. The first-order valence-corrected chi connectivity index (χ1v) is 7.84. The summed E-state index contributed by atoms with van der Waals surface area (Å²) in [5.74, 6) is -0.0548. The van der Waals surface area contributed by atoms with Crippen LogP contribution in [0.1, 0.15) is 0 Å². The van der Waals surface area contributed by atoms with Gasteiger partial charge in [0.1, 0.15) is 5.75 Å². The molecule has 5 nitrogen and oxygen atoms in total. The molecule has 0 amide bonds. The Morgan fingerprint density at radius 2 is 1.43 bits per heavy atom. The Labute approximate surface area is 135 Å². The second kappa shape index (κ2) is 6.29. The summed E-state index contributed by atoms with van der Waals surface area (Å²) in [6, 6.07) is 8.50. The van der Waals surface area contributed by atoms with Crippen LogP contribution in [-0.2, 0) is 10.4 Å². The second-order valence-electron chi connectivity index (χ2n) is 3.78. The minimum Gasteiger partial charge on any atom is -0.452 e. The predicted molar refractivity (Wildman–Crippen MR) is 80.2 cm³/mol. The lowest BCUT2D eigenvalue weighted by Gasteiger charge is -2.12. The fourth-order valence-electron chi connectivity index (χ4n) is 1.42. The summed E-state index contributed by atoms with van der Waals surface area (Å²) in [7, 11) is -4.72. The number of rotatable bonds is 4. The third kappa shape index (κ3) is 4.66.